The first-order valence-electron chi connectivity index (χ1n) is 5.71. The molecule has 1 saturated heterocycles. The zero-order valence-electron chi connectivity index (χ0n) is 9.25. The van der Waals surface area contributed by atoms with Gasteiger partial charge in [-0.3, -0.25) is 0 Å². The number of aryl methyl sites for hydroxylation is 1. The molecular weight excluding hydrogens is 206 g/mol. The predicted molar refractivity (Wildman–Crippen MR) is 64.2 cm³/mol. The standard InChI is InChI=1S/C11H19N3S/c1-8-11(9-4-2-3-7-13-9)14-10(15-8)5-6-12/h9,13H,2-7,12H2,1H3. The molecule has 15 heavy (non-hydrogen) atoms. The van der Waals surface area contributed by atoms with Crippen LogP contribution in [0.25, 0.3) is 0 Å². The fourth-order valence-electron chi connectivity index (χ4n) is 2.10. The number of thiazole rings is 1. The maximum Gasteiger partial charge on any atom is 0.0944 e. The molecule has 3 N–H and O–H groups in total. The second-order valence-electron chi connectivity index (χ2n) is 4.09. The summed E-state index contributed by atoms with van der Waals surface area (Å²) < 4.78 is 0. The van der Waals surface area contributed by atoms with Crippen LogP contribution in [0.2, 0.25) is 0 Å². The normalized spacial score (nSPS) is 21.9. The second-order valence-corrected chi connectivity index (χ2v) is 5.38. The average molecular weight is 225 g/mol. The van der Waals surface area contributed by atoms with Crippen LogP contribution in [-0.4, -0.2) is 18.1 Å². The molecule has 0 spiro atoms. The lowest BCUT2D eigenvalue weighted by Crippen LogP contribution is -2.27. The number of nitrogens with two attached hydrogens (primary N) is 1. The number of hydrogen-bond acceptors (Lipinski definition) is 4. The van der Waals surface area contributed by atoms with Crippen LogP contribution in [0.5, 0.6) is 0 Å². The Labute approximate surface area is 95.1 Å². The highest BCUT2D eigenvalue weighted by atomic mass is 32.1. The van der Waals surface area contributed by atoms with Crippen LogP contribution >= 0.6 is 11.3 Å². The molecule has 1 aromatic rings. The first kappa shape index (κ1) is 11.0. The molecule has 1 unspecified atom stereocenters. The van der Waals surface area contributed by atoms with E-state index in [2.05, 4.69) is 12.2 Å². The van der Waals surface area contributed by atoms with Crippen molar-refractivity contribution in [3.8, 4) is 0 Å². The lowest BCUT2D eigenvalue weighted by molar-refractivity contribution is 0.405. The SMILES string of the molecule is Cc1sc(CCN)nc1C1CCCCN1. The summed E-state index contributed by atoms with van der Waals surface area (Å²) in [5.41, 5.74) is 6.82. The average Bonchev–Trinajstić information content (AvgIpc) is 2.61. The number of hydrogen-bond donors (Lipinski definition) is 2. The fraction of sp³-hybridized carbons (Fsp3) is 0.727. The fourth-order valence-corrected chi connectivity index (χ4v) is 3.11. The first-order chi connectivity index (χ1) is 7.31. The zero-order valence-corrected chi connectivity index (χ0v) is 10.1. The summed E-state index contributed by atoms with van der Waals surface area (Å²) >= 11 is 1.80. The molecule has 84 valence electrons. The van der Waals surface area contributed by atoms with Crippen LogP contribution in [-0.2, 0) is 6.42 Å². The lowest BCUT2D eigenvalue weighted by Gasteiger charge is -2.22. The van der Waals surface area contributed by atoms with Gasteiger partial charge in [-0.25, -0.2) is 4.98 Å². The summed E-state index contributed by atoms with van der Waals surface area (Å²) in [7, 11) is 0. The minimum Gasteiger partial charge on any atom is -0.330 e. The number of nitrogens with zero attached hydrogens (tertiary/aromatic N) is 1. The van der Waals surface area contributed by atoms with Crippen molar-refractivity contribution in [1.82, 2.24) is 10.3 Å². The second kappa shape index (κ2) is 5.05. The zero-order chi connectivity index (χ0) is 10.7. The lowest BCUT2D eigenvalue weighted by atomic mass is 10.0. The van der Waals surface area contributed by atoms with Crippen LogP contribution < -0.4 is 11.1 Å². The van der Waals surface area contributed by atoms with Crippen LogP contribution in [0, 0.1) is 6.92 Å². The monoisotopic (exact) mass is 225 g/mol. The van der Waals surface area contributed by atoms with E-state index in [9.17, 15) is 0 Å². The molecule has 1 aliphatic heterocycles. The van der Waals surface area contributed by atoms with Gasteiger partial charge in [-0.05, 0) is 32.9 Å². The quantitative estimate of drug-likeness (QED) is 0.824. The van der Waals surface area contributed by atoms with E-state index >= 15 is 0 Å². The summed E-state index contributed by atoms with van der Waals surface area (Å²) in [5, 5.41) is 4.74. The van der Waals surface area contributed by atoms with E-state index < -0.39 is 0 Å². The molecule has 3 nitrogen and oxygen atoms in total. The predicted octanol–water partition coefficient (Wildman–Crippen LogP) is 1.77. The van der Waals surface area contributed by atoms with Gasteiger partial charge in [0.25, 0.3) is 0 Å². The highest BCUT2D eigenvalue weighted by Crippen LogP contribution is 2.28. The van der Waals surface area contributed by atoms with E-state index in [4.69, 9.17) is 10.7 Å². The molecule has 0 amide bonds. The van der Waals surface area contributed by atoms with E-state index in [0.29, 0.717) is 12.6 Å². The smallest absolute Gasteiger partial charge is 0.0944 e. The summed E-state index contributed by atoms with van der Waals surface area (Å²) in [6, 6.07) is 0.488. The third-order valence-corrected chi connectivity index (χ3v) is 3.92. The molecule has 2 heterocycles. The van der Waals surface area contributed by atoms with Gasteiger partial charge in [0.05, 0.1) is 16.7 Å². The van der Waals surface area contributed by atoms with Gasteiger partial charge in [0, 0.05) is 11.3 Å². The maximum absolute atomic E-state index is 5.55. The Hall–Kier alpha value is -0.450. The highest BCUT2D eigenvalue weighted by molar-refractivity contribution is 7.11. The number of nitrogens with one attached hydrogen (secondary N) is 1. The third kappa shape index (κ3) is 2.56. The third-order valence-electron chi connectivity index (χ3n) is 2.88. The Morgan fingerprint density at radius 2 is 2.40 bits per heavy atom. The van der Waals surface area contributed by atoms with Gasteiger partial charge < -0.3 is 11.1 Å². The van der Waals surface area contributed by atoms with Crippen molar-refractivity contribution in [2.75, 3.05) is 13.1 Å². The van der Waals surface area contributed by atoms with Gasteiger partial charge in [-0.15, -0.1) is 11.3 Å². The van der Waals surface area contributed by atoms with Crippen molar-refractivity contribution in [3.05, 3.63) is 15.6 Å². The molecule has 0 aromatic carbocycles. The molecule has 4 heteroatoms. The van der Waals surface area contributed by atoms with Crippen LogP contribution in [0.1, 0.15) is 40.9 Å². The molecule has 0 saturated carbocycles. The van der Waals surface area contributed by atoms with E-state index in [1.165, 1.54) is 34.8 Å². The van der Waals surface area contributed by atoms with Crippen molar-refractivity contribution in [2.45, 2.75) is 38.6 Å². The van der Waals surface area contributed by atoms with E-state index in [-0.39, 0.29) is 0 Å². The van der Waals surface area contributed by atoms with Crippen LogP contribution in [0.15, 0.2) is 0 Å². The maximum atomic E-state index is 5.55. The van der Waals surface area contributed by atoms with Crippen molar-refractivity contribution in [3.63, 3.8) is 0 Å². The molecule has 1 fully saturated rings. The van der Waals surface area contributed by atoms with E-state index in [1.807, 2.05) is 0 Å². The van der Waals surface area contributed by atoms with E-state index in [0.717, 1.165) is 13.0 Å². The Morgan fingerprint density at radius 1 is 1.53 bits per heavy atom. The first-order valence-corrected chi connectivity index (χ1v) is 6.52. The van der Waals surface area contributed by atoms with Gasteiger partial charge in [0.15, 0.2) is 0 Å². The van der Waals surface area contributed by atoms with Crippen LogP contribution in [0.3, 0.4) is 0 Å². The number of piperidine rings is 1. The Balaban J connectivity index is 2.11. The largest absolute Gasteiger partial charge is 0.330 e. The molecule has 1 aromatic heterocycles. The minimum absolute atomic E-state index is 0.488. The van der Waals surface area contributed by atoms with Crippen molar-refractivity contribution in [2.24, 2.45) is 5.73 Å². The molecule has 2 rings (SSSR count). The number of rotatable bonds is 3. The molecular formula is C11H19N3S. The van der Waals surface area contributed by atoms with Gasteiger partial charge in [-0.1, -0.05) is 6.42 Å². The Morgan fingerprint density at radius 3 is 3.07 bits per heavy atom. The topological polar surface area (TPSA) is 50.9 Å². The summed E-state index contributed by atoms with van der Waals surface area (Å²) in [6.45, 7) is 4.00. The molecule has 0 aliphatic carbocycles. The molecule has 0 radical (unpaired) electrons. The molecule has 1 atom stereocenters. The number of aromatic nitrogens is 1. The van der Waals surface area contributed by atoms with Crippen LogP contribution in [0.4, 0.5) is 0 Å². The summed E-state index contributed by atoms with van der Waals surface area (Å²) in [6.07, 6.45) is 4.76. The minimum atomic E-state index is 0.488. The highest BCUT2D eigenvalue weighted by Gasteiger charge is 2.19. The van der Waals surface area contributed by atoms with Gasteiger partial charge in [-0.2, -0.15) is 0 Å². The van der Waals surface area contributed by atoms with E-state index in [1.54, 1.807) is 11.3 Å². The summed E-state index contributed by atoms with van der Waals surface area (Å²) in [5.74, 6) is 0. The van der Waals surface area contributed by atoms with Crippen molar-refractivity contribution < 1.29 is 0 Å². The van der Waals surface area contributed by atoms with Crippen molar-refractivity contribution in [1.29, 1.82) is 0 Å². The van der Waals surface area contributed by atoms with Crippen molar-refractivity contribution >= 4 is 11.3 Å². The van der Waals surface area contributed by atoms with Gasteiger partial charge in [0.2, 0.25) is 0 Å². The van der Waals surface area contributed by atoms with Gasteiger partial charge in [0.1, 0.15) is 0 Å². The molecule has 0 bridgehead atoms. The Bertz CT molecular complexity index is 316. The summed E-state index contributed by atoms with van der Waals surface area (Å²) in [4.78, 5) is 6.06. The van der Waals surface area contributed by atoms with Gasteiger partial charge >= 0.3 is 0 Å². The molecule has 1 aliphatic rings. The Kier molecular flexibility index (Phi) is 3.72.